The SMILES string of the molecule is CC[C@@H](NC(=O)c1ccc(S(=O)(=O)N(C)OC)cc1)c1ccc(Cl)cc1. The minimum Gasteiger partial charge on any atom is -0.345 e. The van der Waals surface area contributed by atoms with Gasteiger partial charge in [-0.05, 0) is 48.4 Å². The molecule has 2 rings (SSSR count). The number of halogens is 1. The molecule has 0 heterocycles. The molecular weight excluding hydrogens is 376 g/mol. The van der Waals surface area contributed by atoms with Crippen LogP contribution in [0, 0.1) is 0 Å². The summed E-state index contributed by atoms with van der Waals surface area (Å²) in [6.45, 7) is 1.97. The maximum absolute atomic E-state index is 12.5. The van der Waals surface area contributed by atoms with E-state index in [1.54, 1.807) is 12.1 Å². The van der Waals surface area contributed by atoms with Crippen LogP contribution in [-0.4, -0.2) is 33.0 Å². The molecule has 0 aliphatic rings. The maximum Gasteiger partial charge on any atom is 0.264 e. The van der Waals surface area contributed by atoms with Crippen LogP contribution in [0.4, 0.5) is 0 Å². The quantitative estimate of drug-likeness (QED) is 0.728. The molecule has 1 atom stereocenters. The van der Waals surface area contributed by atoms with Crippen molar-refractivity contribution >= 4 is 27.5 Å². The molecule has 0 saturated heterocycles. The minimum atomic E-state index is -3.74. The first-order valence-electron chi connectivity index (χ1n) is 7.99. The van der Waals surface area contributed by atoms with Crippen molar-refractivity contribution in [3.8, 4) is 0 Å². The molecular formula is C18H21ClN2O4S. The lowest BCUT2D eigenvalue weighted by Crippen LogP contribution is -2.28. The lowest BCUT2D eigenvalue weighted by atomic mass is 10.0. The molecule has 1 N–H and O–H groups in total. The topological polar surface area (TPSA) is 75.7 Å². The first-order valence-corrected chi connectivity index (χ1v) is 9.80. The first-order chi connectivity index (χ1) is 12.3. The molecule has 140 valence electrons. The summed E-state index contributed by atoms with van der Waals surface area (Å²) in [7, 11) is -1.17. The van der Waals surface area contributed by atoms with Crippen molar-refractivity contribution in [2.45, 2.75) is 24.3 Å². The standard InChI is InChI=1S/C18H21ClN2O4S/c1-4-17(13-5-9-15(19)10-6-13)20-18(22)14-7-11-16(12-8-14)26(23,24)21(2)25-3/h5-12,17H,4H2,1-3H3,(H,20,22)/t17-/m1/s1. The molecule has 26 heavy (non-hydrogen) atoms. The van der Waals surface area contributed by atoms with Gasteiger partial charge in [0, 0.05) is 17.6 Å². The normalized spacial score (nSPS) is 12.8. The number of rotatable bonds is 7. The Balaban J connectivity index is 2.15. The van der Waals surface area contributed by atoms with Gasteiger partial charge < -0.3 is 5.32 Å². The third kappa shape index (κ3) is 4.62. The molecule has 0 fully saturated rings. The molecule has 8 heteroatoms. The zero-order valence-corrected chi connectivity index (χ0v) is 16.3. The van der Waals surface area contributed by atoms with Gasteiger partial charge in [0.1, 0.15) is 0 Å². The van der Waals surface area contributed by atoms with Crippen LogP contribution in [0.15, 0.2) is 53.4 Å². The molecule has 2 aromatic carbocycles. The maximum atomic E-state index is 12.5. The highest BCUT2D eigenvalue weighted by Crippen LogP contribution is 2.20. The van der Waals surface area contributed by atoms with Gasteiger partial charge in [0.15, 0.2) is 0 Å². The largest absolute Gasteiger partial charge is 0.345 e. The monoisotopic (exact) mass is 396 g/mol. The third-order valence-corrected chi connectivity index (χ3v) is 5.94. The van der Waals surface area contributed by atoms with Crippen LogP contribution in [0.3, 0.4) is 0 Å². The summed E-state index contributed by atoms with van der Waals surface area (Å²) in [5.74, 6) is -0.282. The van der Waals surface area contributed by atoms with Gasteiger partial charge in [-0.3, -0.25) is 9.63 Å². The van der Waals surface area contributed by atoms with Crippen LogP contribution in [-0.2, 0) is 14.9 Å². The van der Waals surface area contributed by atoms with Crippen LogP contribution in [0.1, 0.15) is 35.3 Å². The average Bonchev–Trinajstić information content (AvgIpc) is 2.66. The van der Waals surface area contributed by atoms with E-state index in [0.29, 0.717) is 17.0 Å². The van der Waals surface area contributed by atoms with E-state index in [1.165, 1.54) is 38.4 Å². The molecule has 0 radical (unpaired) electrons. The third-order valence-electron chi connectivity index (χ3n) is 4.00. The van der Waals surface area contributed by atoms with Crippen molar-refractivity contribution in [1.29, 1.82) is 0 Å². The van der Waals surface area contributed by atoms with Gasteiger partial charge in [-0.1, -0.05) is 35.1 Å². The van der Waals surface area contributed by atoms with Crippen molar-refractivity contribution < 1.29 is 18.0 Å². The number of carbonyl (C=O) groups excluding carboxylic acids is 1. The summed E-state index contributed by atoms with van der Waals surface area (Å²) in [5, 5.41) is 3.58. The Labute approximate surface area is 158 Å². The number of hydroxylamine groups is 1. The number of sulfonamides is 1. The van der Waals surface area contributed by atoms with Crippen molar-refractivity contribution in [1.82, 2.24) is 9.79 Å². The van der Waals surface area contributed by atoms with Gasteiger partial charge in [-0.2, -0.15) is 0 Å². The Kier molecular flexibility index (Phi) is 6.77. The van der Waals surface area contributed by atoms with E-state index in [9.17, 15) is 13.2 Å². The lowest BCUT2D eigenvalue weighted by Gasteiger charge is -2.18. The fourth-order valence-electron chi connectivity index (χ4n) is 2.38. The highest BCUT2D eigenvalue weighted by molar-refractivity contribution is 7.89. The summed E-state index contributed by atoms with van der Waals surface area (Å²) < 4.78 is 25.1. The molecule has 0 unspecified atom stereocenters. The van der Waals surface area contributed by atoms with E-state index >= 15 is 0 Å². The number of nitrogens with zero attached hydrogens (tertiary/aromatic N) is 1. The van der Waals surface area contributed by atoms with Crippen molar-refractivity contribution in [3.63, 3.8) is 0 Å². The Morgan fingerprint density at radius 1 is 1.15 bits per heavy atom. The van der Waals surface area contributed by atoms with E-state index in [-0.39, 0.29) is 16.8 Å². The van der Waals surface area contributed by atoms with Crippen LogP contribution in [0.25, 0.3) is 0 Å². The van der Waals surface area contributed by atoms with Gasteiger partial charge in [0.25, 0.3) is 15.9 Å². The molecule has 1 amide bonds. The molecule has 2 aromatic rings. The molecule has 0 aromatic heterocycles. The smallest absolute Gasteiger partial charge is 0.264 e. The zero-order valence-electron chi connectivity index (χ0n) is 14.8. The Bertz CT molecular complexity index is 852. The van der Waals surface area contributed by atoms with Gasteiger partial charge in [0.2, 0.25) is 0 Å². The molecule has 0 aliphatic heterocycles. The van der Waals surface area contributed by atoms with Gasteiger partial charge in [0.05, 0.1) is 18.0 Å². The predicted molar refractivity (Wildman–Crippen MR) is 100 cm³/mol. The van der Waals surface area contributed by atoms with E-state index in [4.69, 9.17) is 16.4 Å². The molecule has 0 bridgehead atoms. The Morgan fingerprint density at radius 3 is 2.23 bits per heavy atom. The van der Waals surface area contributed by atoms with Crippen molar-refractivity contribution in [3.05, 3.63) is 64.7 Å². The number of hydrogen-bond donors (Lipinski definition) is 1. The van der Waals surface area contributed by atoms with Crippen molar-refractivity contribution in [2.24, 2.45) is 0 Å². The Hall–Kier alpha value is -1.93. The lowest BCUT2D eigenvalue weighted by molar-refractivity contribution is -0.0258. The van der Waals surface area contributed by atoms with Gasteiger partial charge >= 0.3 is 0 Å². The summed E-state index contributed by atoms with van der Waals surface area (Å²) in [6.07, 6.45) is 0.707. The highest BCUT2D eigenvalue weighted by atomic mass is 35.5. The minimum absolute atomic E-state index is 0.0446. The number of nitrogens with one attached hydrogen (secondary N) is 1. The fourth-order valence-corrected chi connectivity index (χ4v) is 3.48. The van der Waals surface area contributed by atoms with E-state index in [2.05, 4.69) is 5.32 Å². The van der Waals surface area contributed by atoms with Crippen LogP contribution < -0.4 is 5.32 Å². The summed E-state index contributed by atoms with van der Waals surface area (Å²) in [6, 6.07) is 12.8. The first kappa shape index (κ1) is 20.4. The number of carbonyl (C=O) groups is 1. The number of amides is 1. The second-order valence-electron chi connectivity index (χ2n) is 5.61. The van der Waals surface area contributed by atoms with Gasteiger partial charge in [-0.25, -0.2) is 8.42 Å². The zero-order chi connectivity index (χ0) is 19.3. The van der Waals surface area contributed by atoms with Crippen LogP contribution in [0.2, 0.25) is 5.02 Å². The summed E-state index contributed by atoms with van der Waals surface area (Å²) in [5.41, 5.74) is 1.32. The van der Waals surface area contributed by atoms with E-state index in [0.717, 1.165) is 10.0 Å². The average molecular weight is 397 g/mol. The molecule has 0 aliphatic carbocycles. The molecule has 6 nitrogen and oxygen atoms in total. The second kappa shape index (κ2) is 8.64. The summed E-state index contributed by atoms with van der Waals surface area (Å²) >= 11 is 5.90. The van der Waals surface area contributed by atoms with E-state index < -0.39 is 10.0 Å². The van der Waals surface area contributed by atoms with Gasteiger partial charge in [-0.15, -0.1) is 0 Å². The number of benzene rings is 2. The van der Waals surface area contributed by atoms with Crippen LogP contribution >= 0.6 is 11.6 Å². The second-order valence-corrected chi connectivity index (χ2v) is 7.98. The molecule has 0 spiro atoms. The van der Waals surface area contributed by atoms with E-state index in [1.807, 2.05) is 19.1 Å². The summed E-state index contributed by atoms with van der Waals surface area (Å²) in [4.78, 5) is 17.3. The fraction of sp³-hybridized carbons (Fsp3) is 0.278. The molecule has 0 saturated carbocycles. The Morgan fingerprint density at radius 2 is 1.73 bits per heavy atom. The van der Waals surface area contributed by atoms with Crippen molar-refractivity contribution in [2.75, 3.05) is 14.2 Å². The number of hydrogen-bond acceptors (Lipinski definition) is 4. The predicted octanol–water partition coefficient (Wildman–Crippen LogP) is 3.40. The van der Waals surface area contributed by atoms with Crippen LogP contribution in [0.5, 0.6) is 0 Å². The highest BCUT2D eigenvalue weighted by Gasteiger charge is 2.21.